The van der Waals surface area contributed by atoms with E-state index in [0.29, 0.717) is 0 Å². The van der Waals surface area contributed by atoms with Gasteiger partial charge in [0, 0.05) is 0 Å². The molecular formula is C84H75F9O3. The van der Waals surface area contributed by atoms with Gasteiger partial charge in [0.15, 0.2) is 0 Å². The van der Waals surface area contributed by atoms with Gasteiger partial charge in [0.25, 0.3) is 0 Å². The Balaban J connectivity index is 0.000000157. The maximum absolute atomic E-state index is 12.3. The molecule has 12 rings (SSSR count). The summed E-state index contributed by atoms with van der Waals surface area (Å²) in [6.45, 7) is 6.66. The average molecular weight is 1300 g/mol. The Morgan fingerprint density at radius 2 is 0.406 bits per heavy atom. The van der Waals surface area contributed by atoms with E-state index in [1.165, 1.54) is 143 Å². The van der Waals surface area contributed by atoms with E-state index < -0.39 is 19.1 Å². The van der Waals surface area contributed by atoms with Gasteiger partial charge in [0.05, 0.1) is 0 Å². The number of halogens is 9. The highest BCUT2D eigenvalue weighted by atomic mass is 19.4. The Hall–Kier alpha value is -9.81. The highest BCUT2D eigenvalue weighted by molar-refractivity contribution is 5.90. The largest absolute Gasteiger partial charge is 0.573 e. The zero-order valence-corrected chi connectivity index (χ0v) is 53.9. The van der Waals surface area contributed by atoms with Crippen molar-refractivity contribution in [3.8, 4) is 84.0 Å². The molecule has 0 heterocycles. The Morgan fingerprint density at radius 1 is 0.208 bits per heavy atom. The number of alkyl halides is 9. The zero-order chi connectivity index (χ0) is 67.7. The molecule has 0 fully saturated rings. The van der Waals surface area contributed by atoms with Crippen molar-refractivity contribution in [3.63, 3.8) is 0 Å². The van der Waals surface area contributed by atoms with E-state index in [1.54, 1.807) is 36.4 Å². The Labute approximate surface area is 555 Å². The molecule has 0 aliphatic heterocycles. The first-order valence-corrected chi connectivity index (χ1v) is 32.7. The molecule has 3 nitrogen and oxygen atoms in total. The third kappa shape index (κ3) is 20.1. The molecule has 0 amide bonds. The second-order valence-electron chi connectivity index (χ2n) is 24.0. The summed E-state index contributed by atoms with van der Waals surface area (Å²) in [5.41, 5.74) is 16.2. The van der Waals surface area contributed by atoms with Crippen LogP contribution in [0.5, 0.6) is 17.2 Å². The van der Waals surface area contributed by atoms with Gasteiger partial charge < -0.3 is 14.2 Å². The predicted octanol–water partition coefficient (Wildman–Crippen LogP) is 26.4. The standard InChI is InChI=1S/C29H27F3O.C28H25F3O.C27H23F3O/c1-2-3-4-5-6-21-7-8-27-20-26(14-13-25(27)19-21)24-11-9-22(10-12-24)23-15-17-28(18-16-23)33-29(30,31)32;1-2-3-4-5-20-6-7-26-19-25(13-12-24(26)18-20)23-10-8-21(9-11-23)22-14-16-27(17-15-22)32-28(29,30)31;1-2-3-4-19-5-6-25-18-24(12-11-23(25)17-19)22-9-7-20(8-10-22)21-13-15-26(16-14-21)31-27(28,29)30/h7-20H,2-6H2,1H3;6-19H,2-5H2,1H3;5-18H,2-4H2,1H3. The summed E-state index contributed by atoms with van der Waals surface area (Å²) < 4.78 is 123. The van der Waals surface area contributed by atoms with Gasteiger partial charge in [-0.3, -0.25) is 0 Å². The highest BCUT2D eigenvalue weighted by Crippen LogP contribution is 2.35. The van der Waals surface area contributed by atoms with Gasteiger partial charge in [-0.15, -0.1) is 39.5 Å². The van der Waals surface area contributed by atoms with E-state index >= 15 is 0 Å². The summed E-state index contributed by atoms with van der Waals surface area (Å²) in [6.07, 6.45) is 0.509. The van der Waals surface area contributed by atoms with Crippen LogP contribution >= 0.6 is 0 Å². The highest BCUT2D eigenvalue weighted by Gasteiger charge is 2.32. The van der Waals surface area contributed by atoms with Crippen molar-refractivity contribution < 1.29 is 53.7 Å². The normalized spacial score (nSPS) is 11.6. The predicted molar refractivity (Wildman–Crippen MR) is 374 cm³/mol. The summed E-state index contributed by atoms with van der Waals surface area (Å²) in [6, 6.07) is 81.4. The first kappa shape index (κ1) is 69.0. The fourth-order valence-electron chi connectivity index (χ4n) is 11.7. The van der Waals surface area contributed by atoms with E-state index in [-0.39, 0.29) is 17.2 Å². The first-order chi connectivity index (χ1) is 46.2. The van der Waals surface area contributed by atoms with Crippen LogP contribution in [0.25, 0.3) is 99.1 Å². The molecule has 0 bridgehead atoms. The number of hydrogen-bond acceptors (Lipinski definition) is 3. The molecule has 0 aliphatic rings. The van der Waals surface area contributed by atoms with Crippen molar-refractivity contribution in [1.82, 2.24) is 0 Å². The van der Waals surface area contributed by atoms with Gasteiger partial charge in [-0.05, 0) is 209 Å². The van der Waals surface area contributed by atoms with Crippen molar-refractivity contribution in [2.24, 2.45) is 0 Å². The summed E-state index contributed by atoms with van der Waals surface area (Å²) in [7, 11) is 0. The topological polar surface area (TPSA) is 27.7 Å². The van der Waals surface area contributed by atoms with Crippen molar-refractivity contribution >= 4 is 32.3 Å². The van der Waals surface area contributed by atoms with Crippen LogP contribution in [-0.4, -0.2) is 19.1 Å². The molecule has 12 heteroatoms. The van der Waals surface area contributed by atoms with Crippen molar-refractivity contribution in [2.75, 3.05) is 0 Å². The van der Waals surface area contributed by atoms with Crippen LogP contribution in [0, 0.1) is 0 Å². The SMILES string of the molecule is CCCCCCc1ccc2cc(-c3ccc(-c4ccc(OC(F)(F)F)cc4)cc3)ccc2c1.CCCCCc1ccc2cc(-c3ccc(-c4ccc(OC(F)(F)F)cc4)cc3)ccc2c1.CCCCc1ccc2cc(-c3ccc(-c4ccc(OC(F)(F)F)cc4)cc3)ccc2c1. The molecule has 0 saturated carbocycles. The van der Waals surface area contributed by atoms with E-state index in [1.807, 2.05) is 72.8 Å². The molecule has 96 heavy (non-hydrogen) atoms. The minimum absolute atomic E-state index is 0.219. The minimum atomic E-state index is -4.68. The number of ether oxygens (including phenoxy) is 3. The first-order valence-electron chi connectivity index (χ1n) is 32.7. The van der Waals surface area contributed by atoms with E-state index in [9.17, 15) is 39.5 Å². The monoisotopic (exact) mass is 1300 g/mol. The van der Waals surface area contributed by atoms with Crippen LogP contribution in [-0.2, 0) is 19.3 Å². The third-order valence-corrected chi connectivity index (χ3v) is 16.8. The maximum Gasteiger partial charge on any atom is 0.573 e. The molecule has 0 aliphatic carbocycles. The number of fused-ring (bicyclic) bond motifs is 3. The molecule has 12 aromatic rings. The minimum Gasteiger partial charge on any atom is -0.406 e. The quantitative estimate of drug-likeness (QED) is 0.0530. The van der Waals surface area contributed by atoms with Gasteiger partial charge in [-0.1, -0.05) is 259 Å². The number of benzene rings is 12. The van der Waals surface area contributed by atoms with Crippen molar-refractivity contribution in [1.29, 1.82) is 0 Å². The van der Waals surface area contributed by atoms with Gasteiger partial charge >= 0.3 is 19.1 Å². The van der Waals surface area contributed by atoms with Crippen LogP contribution in [0.4, 0.5) is 39.5 Å². The number of aryl methyl sites for hydroxylation is 3. The van der Waals surface area contributed by atoms with Gasteiger partial charge in [-0.25, -0.2) is 0 Å². The van der Waals surface area contributed by atoms with Crippen LogP contribution in [0.2, 0.25) is 0 Å². The lowest BCUT2D eigenvalue weighted by Crippen LogP contribution is -2.16. The van der Waals surface area contributed by atoms with Gasteiger partial charge in [0.2, 0.25) is 0 Å². The molecule has 0 saturated heterocycles. The summed E-state index contributed by atoms with van der Waals surface area (Å²) >= 11 is 0. The number of rotatable bonds is 21. The lowest BCUT2D eigenvalue weighted by atomic mass is 9.97. The summed E-state index contributed by atoms with van der Waals surface area (Å²) in [4.78, 5) is 0. The second kappa shape index (κ2) is 32.1. The summed E-state index contributed by atoms with van der Waals surface area (Å²) in [5.74, 6) is -0.660. The van der Waals surface area contributed by atoms with Crippen LogP contribution < -0.4 is 14.2 Å². The fourth-order valence-corrected chi connectivity index (χ4v) is 11.7. The van der Waals surface area contributed by atoms with Crippen LogP contribution in [0.1, 0.15) is 95.2 Å². The third-order valence-electron chi connectivity index (χ3n) is 16.8. The van der Waals surface area contributed by atoms with E-state index in [0.717, 1.165) is 86.0 Å². The molecule has 0 unspecified atom stereocenters. The Kier molecular flexibility index (Phi) is 23.1. The fraction of sp³-hybridized carbons (Fsp3) is 0.214. The molecule has 0 spiro atoms. The zero-order valence-electron chi connectivity index (χ0n) is 53.9. The molecule has 0 N–H and O–H groups in total. The molecule has 0 radical (unpaired) electrons. The van der Waals surface area contributed by atoms with Crippen molar-refractivity contribution in [3.05, 3.63) is 271 Å². The van der Waals surface area contributed by atoms with Crippen LogP contribution in [0.15, 0.2) is 255 Å². The van der Waals surface area contributed by atoms with Gasteiger partial charge in [-0.2, -0.15) is 0 Å². The molecular weight excluding hydrogens is 1230 g/mol. The molecule has 0 atom stereocenters. The molecule has 12 aromatic carbocycles. The lowest BCUT2D eigenvalue weighted by Gasteiger charge is -2.10. The van der Waals surface area contributed by atoms with Gasteiger partial charge in [0.1, 0.15) is 17.2 Å². The molecule has 0 aromatic heterocycles. The smallest absolute Gasteiger partial charge is 0.406 e. The Morgan fingerprint density at radius 3 is 0.667 bits per heavy atom. The summed E-state index contributed by atoms with van der Waals surface area (Å²) in [5, 5.41) is 7.39. The Bertz CT molecular complexity index is 4440. The second-order valence-corrected chi connectivity index (χ2v) is 24.0. The average Bonchev–Trinajstić information content (AvgIpc) is 0.839. The molecule has 492 valence electrons. The van der Waals surface area contributed by atoms with E-state index in [4.69, 9.17) is 0 Å². The van der Waals surface area contributed by atoms with Crippen LogP contribution in [0.3, 0.4) is 0 Å². The number of hydrogen-bond donors (Lipinski definition) is 0. The van der Waals surface area contributed by atoms with E-state index in [2.05, 4.69) is 144 Å². The van der Waals surface area contributed by atoms with Crippen molar-refractivity contribution in [2.45, 2.75) is 117 Å². The number of unbranched alkanes of at least 4 members (excludes halogenated alkanes) is 6. The maximum atomic E-state index is 12.3. The lowest BCUT2D eigenvalue weighted by molar-refractivity contribution is -0.275.